The SMILES string of the molecule is C1=C(c2cccc3c(-n4c5ccc6ccccc6c5c5c6ccccc6ccc54)cccc23)NC(c2ccc3ccccc3c2)N=C1c1ccccc1. The van der Waals surface area contributed by atoms with Crippen molar-refractivity contribution >= 4 is 76.3 Å². The first-order valence-electron chi connectivity index (χ1n) is 18.2. The lowest BCUT2D eigenvalue weighted by molar-refractivity contribution is 0.665. The molecule has 0 radical (unpaired) electrons. The fraction of sp³-hybridized carbons (Fsp3) is 0.0200. The third-order valence-corrected chi connectivity index (χ3v) is 11.0. The summed E-state index contributed by atoms with van der Waals surface area (Å²) in [6.45, 7) is 0. The normalized spacial score (nSPS) is 14.6. The highest BCUT2D eigenvalue weighted by molar-refractivity contribution is 6.29. The van der Waals surface area contributed by atoms with Crippen LogP contribution in [0.3, 0.4) is 0 Å². The van der Waals surface area contributed by atoms with Gasteiger partial charge >= 0.3 is 0 Å². The Bertz CT molecular complexity index is 3050. The van der Waals surface area contributed by atoms with Crippen LogP contribution >= 0.6 is 0 Å². The van der Waals surface area contributed by atoms with E-state index in [1.165, 1.54) is 64.9 Å². The third kappa shape index (κ3) is 4.71. The smallest absolute Gasteiger partial charge is 0.145 e. The van der Waals surface area contributed by atoms with Crippen LogP contribution in [0.1, 0.15) is 22.9 Å². The summed E-state index contributed by atoms with van der Waals surface area (Å²) < 4.78 is 2.48. The maximum atomic E-state index is 5.29. The number of fused-ring (bicyclic) bond motifs is 9. The van der Waals surface area contributed by atoms with Gasteiger partial charge in [-0.05, 0) is 79.2 Å². The molecule has 3 nitrogen and oxygen atoms in total. The minimum absolute atomic E-state index is 0.243. The van der Waals surface area contributed by atoms with E-state index in [-0.39, 0.29) is 6.17 Å². The molecular formula is C50H33N3. The van der Waals surface area contributed by atoms with E-state index in [1.807, 2.05) is 0 Å². The lowest BCUT2D eigenvalue weighted by Gasteiger charge is -2.26. The third-order valence-electron chi connectivity index (χ3n) is 11.0. The van der Waals surface area contributed by atoms with Gasteiger partial charge in [-0.15, -0.1) is 0 Å². The van der Waals surface area contributed by atoms with Crippen LogP contribution < -0.4 is 5.32 Å². The molecule has 0 saturated heterocycles. The Morgan fingerprint density at radius 3 is 1.77 bits per heavy atom. The van der Waals surface area contributed by atoms with E-state index in [4.69, 9.17) is 4.99 Å². The molecule has 1 aliphatic heterocycles. The molecule has 0 spiro atoms. The molecular weight excluding hydrogens is 643 g/mol. The van der Waals surface area contributed by atoms with Gasteiger partial charge in [0, 0.05) is 27.4 Å². The molecule has 11 rings (SSSR count). The summed E-state index contributed by atoms with van der Waals surface area (Å²) in [6, 6.07) is 65.8. The van der Waals surface area contributed by atoms with Crippen LogP contribution in [-0.2, 0) is 0 Å². The van der Waals surface area contributed by atoms with E-state index in [9.17, 15) is 0 Å². The Labute approximate surface area is 306 Å². The number of aromatic nitrogens is 1. The molecule has 0 fully saturated rings. The lowest BCUT2D eigenvalue weighted by Crippen LogP contribution is -2.25. The van der Waals surface area contributed by atoms with Crippen molar-refractivity contribution in [1.29, 1.82) is 0 Å². The highest BCUT2D eigenvalue weighted by atomic mass is 15.1. The van der Waals surface area contributed by atoms with E-state index >= 15 is 0 Å². The zero-order chi connectivity index (χ0) is 34.9. The second kappa shape index (κ2) is 11.8. The van der Waals surface area contributed by atoms with Gasteiger partial charge in [0.2, 0.25) is 0 Å². The number of allylic oxidation sites excluding steroid dienone is 1. The van der Waals surface area contributed by atoms with Crippen LogP contribution in [0.15, 0.2) is 193 Å². The molecule has 248 valence electrons. The summed E-state index contributed by atoms with van der Waals surface area (Å²) in [5, 5.41) is 16.3. The van der Waals surface area contributed by atoms with Crippen molar-refractivity contribution in [2.24, 2.45) is 4.99 Å². The van der Waals surface area contributed by atoms with Crippen LogP contribution in [0.5, 0.6) is 0 Å². The van der Waals surface area contributed by atoms with E-state index in [0.717, 1.165) is 33.8 Å². The highest BCUT2D eigenvalue weighted by Crippen LogP contribution is 2.42. The van der Waals surface area contributed by atoms with Crippen LogP contribution in [0, 0.1) is 0 Å². The predicted octanol–water partition coefficient (Wildman–Crippen LogP) is 12.5. The summed E-state index contributed by atoms with van der Waals surface area (Å²) in [6.07, 6.45) is 1.97. The number of hydrogen-bond donors (Lipinski definition) is 1. The van der Waals surface area contributed by atoms with Gasteiger partial charge in [-0.25, -0.2) is 0 Å². The predicted molar refractivity (Wildman–Crippen MR) is 224 cm³/mol. The Morgan fingerprint density at radius 2 is 1.04 bits per heavy atom. The Hall–Kier alpha value is -6.97. The average molecular weight is 676 g/mol. The van der Waals surface area contributed by atoms with Gasteiger partial charge < -0.3 is 9.88 Å². The fourth-order valence-corrected chi connectivity index (χ4v) is 8.52. The van der Waals surface area contributed by atoms with E-state index in [1.54, 1.807) is 0 Å². The molecule has 1 N–H and O–H groups in total. The maximum Gasteiger partial charge on any atom is 0.145 e. The first kappa shape index (κ1) is 29.7. The minimum Gasteiger partial charge on any atom is -0.359 e. The molecule has 0 aliphatic carbocycles. The quantitative estimate of drug-likeness (QED) is 0.198. The van der Waals surface area contributed by atoms with Crippen molar-refractivity contribution in [3.8, 4) is 5.69 Å². The molecule has 9 aromatic carbocycles. The molecule has 0 amide bonds. The summed E-state index contributed by atoms with van der Waals surface area (Å²) in [7, 11) is 0. The molecule has 3 heteroatoms. The molecule has 1 unspecified atom stereocenters. The Morgan fingerprint density at radius 1 is 0.453 bits per heavy atom. The van der Waals surface area contributed by atoms with Gasteiger partial charge in [-0.3, -0.25) is 4.99 Å². The molecule has 1 aliphatic rings. The first-order valence-corrected chi connectivity index (χ1v) is 18.2. The Kier molecular flexibility index (Phi) is 6.62. The van der Waals surface area contributed by atoms with Gasteiger partial charge in [0.05, 0.1) is 22.4 Å². The monoisotopic (exact) mass is 675 g/mol. The zero-order valence-electron chi connectivity index (χ0n) is 28.9. The van der Waals surface area contributed by atoms with E-state index in [0.29, 0.717) is 0 Å². The number of benzene rings is 9. The summed E-state index contributed by atoms with van der Waals surface area (Å²) in [5.74, 6) is 0. The van der Waals surface area contributed by atoms with Crippen LogP contribution in [0.25, 0.3) is 76.3 Å². The van der Waals surface area contributed by atoms with Crippen molar-refractivity contribution < 1.29 is 0 Å². The zero-order valence-corrected chi connectivity index (χ0v) is 28.9. The van der Waals surface area contributed by atoms with Gasteiger partial charge in [0.15, 0.2) is 0 Å². The van der Waals surface area contributed by atoms with Crippen molar-refractivity contribution in [1.82, 2.24) is 9.88 Å². The largest absolute Gasteiger partial charge is 0.359 e. The van der Waals surface area contributed by atoms with E-state index < -0.39 is 0 Å². The van der Waals surface area contributed by atoms with Crippen LogP contribution in [0.4, 0.5) is 0 Å². The van der Waals surface area contributed by atoms with Crippen LogP contribution in [0.2, 0.25) is 0 Å². The van der Waals surface area contributed by atoms with E-state index in [2.05, 4.69) is 198 Å². The first-order chi connectivity index (χ1) is 26.3. The standard InChI is InChI=1S/C50H33N3/c1-2-15-35(16-3-1)43-31-44(52-50(51-43)37-25-24-32-12-4-5-17-36(32)30-37)41-21-10-22-42-40(41)20-11-23-45(42)53-46-28-26-33-13-6-8-18-38(33)48(46)49-39-19-9-7-14-34(39)27-29-47(49)53/h1-31,50,52H. The molecule has 0 bridgehead atoms. The van der Waals surface area contributed by atoms with Gasteiger partial charge in [-0.2, -0.15) is 0 Å². The van der Waals surface area contributed by atoms with Crippen LogP contribution in [-0.4, -0.2) is 10.3 Å². The maximum absolute atomic E-state index is 5.29. The van der Waals surface area contributed by atoms with Crippen molar-refractivity contribution in [2.45, 2.75) is 6.17 Å². The number of nitrogens with zero attached hydrogens (tertiary/aromatic N) is 2. The molecule has 1 atom stereocenters. The van der Waals surface area contributed by atoms with Gasteiger partial charge in [-0.1, -0.05) is 158 Å². The number of rotatable bonds is 4. The molecule has 10 aromatic rings. The van der Waals surface area contributed by atoms with Crippen molar-refractivity contribution in [3.05, 3.63) is 205 Å². The highest BCUT2D eigenvalue weighted by Gasteiger charge is 2.23. The average Bonchev–Trinajstić information content (AvgIpc) is 3.58. The second-order valence-corrected chi connectivity index (χ2v) is 14.0. The minimum atomic E-state index is -0.243. The number of aliphatic imine (C=N–C) groups is 1. The molecule has 2 heterocycles. The van der Waals surface area contributed by atoms with Crippen molar-refractivity contribution in [3.63, 3.8) is 0 Å². The van der Waals surface area contributed by atoms with Crippen molar-refractivity contribution in [2.75, 3.05) is 0 Å². The molecule has 1 aromatic heterocycles. The van der Waals surface area contributed by atoms with Gasteiger partial charge in [0.1, 0.15) is 6.17 Å². The Balaban J connectivity index is 1.14. The second-order valence-electron chi connectivity index (χ2n) is 14.0. The van der Waals surface area contributed by atoms with Gasteiger partial charge in [0.25, 0.3) is 0 Å². The topological polar surface area (TPSA) is 29.3 Å². The lowest BCUT2D eigenvalue weighted by atomic mass is 9.96. The summed E-state index contributed by atoms with van der Waals surface area (Å²) in [5.41, 5.74) is 8.97. The summed E-state index contributed by atoms with van der Waals surface area (Å²) in [4.78, 5) is 5.29. The number of nitrogens with one attached hydrogen (secondary N) is 1. The fourth-order valence-electron chi connectivity index (χ4n) is 8.52. The molecule has 0 saturated carbocycles. The molecule has 53 heavy (non-hydrogen) atoms. The summed E-state index contributed by atoms with van der Waals surface area (Å²) >= 11 is 0. The number of hydrogen-bond acceptors (Lipinski definition) is 2.